The van der Waals surface area contributed by atoms with Gasteiger partial charge in [-0.2, -0.15) is 4.98 Å². The molecule has 0 bridgehead atoms. The van der Waals surface area contributed by atoms with Gasteiger partial charge in [0.2, 0.25) is 16.0 Å². The predicted octanol–water partition coefficient (Wildman–Crippen LogP) is 3.84. The summed E-state index contributed by atoms with van der Waals surface area (Å²) in [6, 6.07) is 15.2. The fourth-order valence-electron chi connectivity index (χ4n) is 3.03. The lowest BCUT2D eigenvalue weighted by molar-refractivity contribution is 0.582. The molecule has 0 atom stereocenters. The van der Waals surface area contributed by atoms with Crippen LogP contribution in [0.1, 0.15) is 22.4 Å². The smallest absolute Gasteiger partial charge is 0.240 e. The highest BCUT2D eigenvalue weighted by atomic mass is 32.2. The van der Waals surface area contributed by atoms with Crippen molar-refractivity contribution in [3.05, 3.63) is 70.9 Å². The summed E-state index contributed by atoms with van der Waals surface area (Å²) in [7, 11) is -3.57. The van der Waals surface area contributed by atoms with Gasteiger partial charge in [0.1, 0.15) is 5.82 Å². The number of aryl methyl sites for hydroxylation is 4. The van der Waals surface area contributed by atoms with Crippen LogP contribution in [0.15, 0.2) is 53.4 Å². The zero-order valence-corrected chi connectivity index (χ0v) is 18.5. The van der Waals surface area contributed by atoms with E-state index >= 15 is 0 Å². The Morgan fingerprint density at radius 3 is 2.23 bits per heavy atom. The summed E-state index contributed by atoms with van der Waals surface area (Å²) in [6.07, 6.45) is 0. The van der Waals surface area contributed by atoms with Crippen LogP contribution in [0.25, 0.3) is 0 Å². The molecule has 0 aliphatic heterocycles. The topological polar surface area (TPSA) is 96.0 Å². The van der Waals surface area contributed by atoms with E-state index in [0.29, 0.717) is 23.2 Å². The van der Waals surface area contributed by atoms with Crippen LogP contribution in [0.3, 0.4) is 0 Å². The largest absolute Gasteiger partial charge is 0.353 e. The summed E-state index contributed by atoms with van der Waals surface area (Å²) < 4.78 is 27.7. The maximum Gasteiger partial charge on any atom is 0.240 e. The van der Waals surface area contributed by atoms with Gasteiger partial charge in [-0.05, 0) is 51.5 Å². The Hall–Kier alpha value is -2.97. The number of hydrogen-bond donors (Lipinski definition) is 3. The van der Waals surface area contributed by atoms with E-state index in [-0.39, 0.29) is 6.54 Å². The Kier molecular flexibility index (Phi) is 6.69. The van der Waals surface area contributed by atoms with Crippen molar-refractivity contribution >= 4 is 27.5 Å². The molecule has 30 heavy (non-hydrogen) atoms. The van der Waals surface area contributed by atoms with Crippen molar-refractivity contribution in [1.82, 2.24) is 14.7 Å². The van der Waals surface area contributed by atoms with Crippen LogP contribution < -0.4 is 15.4 Å². The van der Waals surface area contributed by atoms with Gasteiger partial charge < -0.3 is 10.6 Å². The molecule has 3 N–H and O–H groups in total. The standard InChI is InChI=1S/C22H27N5O2S/c1-15-5-8-19(9-6-15)26-21-14-18(4)25-22(27-21)23-11-12-24-30(28,29)20-10-7-16(2)13-17(20)3/h5-10,13-14,24H,11-12H2,1-4H3,(H2,23,25,26,27). The molecule has 0 aliphatic carbocycles. The van der Waals surface area contributed by atoms with E-state index < -0.39 is 10.0 Å². The molecule has 158 valence electrons. The van der Waals surface area contributed by atoms with Crippen molar-refractivity contribution in [2.24, 2.45) is 0 Å². The lowest BCUT2D eigenvalue weighted by Crippen LogP contribution is -2.29. The van der Waals surface area contributed by atoms with Gasteiger partial charge in [-0.1, -0.05) is 35.4 Å². The molecule has 3 aromatic rings. The molecule has 0 spiro atoms. The van der Waals surface area contributed by atoms with Crippen molar-refractivity contribution in [2.45, 2.75) is 32.6 Å². The van der Waals surface area contributed by atoms with E-state index in [1.54, 1.807) is 19.1 Å². The third-order valence-electron chi connectivity index (χ3n) is 4.50. The number of nitrogens with zero attached hydrogens (tertiary/aromatic N) is 2. The van der Waals surface area contributed by atoms with Gasteiger partial charge in [0.15, 0.2) is 0 Å². The molecule has 1 heterocycles. The van der Waals surface area contributed by atoms with Crippen LogP contribution >= 0.6 is 0 Å². The number of hydrogen-bond acceptors (Lipinski definition) is 6. The normalized spacial score (nSPS) is 11.3. The molecule has 0 unspecified atom stereocenters. The number of benzene rings is 2. The van der Waals surface area contributed by atoms with Crippen LogP contribution in [0.4, 0.5) is 17.5 Å². The Morgan fingerprint density at radius 1 is 0.833 bits per heavy atom. The third-order valence-corrected chi connectivity index (χ3v) is 6.12. The first-order valence-corrected chi connectivity index (χ1v) is 11.2. The summed E-state index contributed by atoms with van der Waals surface area (Å²) in [5.41, 5.74) is 4.68. The Balaban J connectivity index is 1.59. The maximum absolute atomic E-state index is 12.5. The van der Waals surface area contributed by atoms with Crippen molar-refractivity contribution in [3.63, 3.8) is 0 Å². The van der Waals surface area contributed by atoms with Crippen LogP contribution in [-0.2, 0) is 10.0 Å². The minimum atomic E-state index is -3.57. The molecule has 0 saturated carbocycles. The second-order valence-electron chi connectivity index (χ2n) is 7.30. The Morgan fingerprint density at radius 2 is 1.53 bits per heavy atom. The minimum Gasteiger partial charge on any atom is -0.353 e. The zero-order valence-electron chi connectivity index (χ0n) is 17.7. The van der Waals surface area contributed by atoms with Crippen molar-refractivity contribution in [3.8, 4) is 0 Å². The van der Waals surface area contributed by atoms with E-state index in [4.69, 9.17) is 0 Å². The van der Waals surface area contributed by atoms with E-state index in [9.17, 15) is 8.42 Å². The molecular formula is C22H27N5O2S. The van der Waals surface area contributed by atoms with Gasteiger partial charge in [-0.25, -0.2) is 18.1 Å². The quantitative estimate of drug-likeness (QED) is 0.475. The zero-order chi connectivity index (χ0) is 21.7. The minimum absolute atomic E-state index is 0.216. The molecule has 0 aliphatic rings. The fourth-order valence-corrected chi connectivity index (χ4v) is 4.29. The molecular weight excluding hydrogens is 398 g/mol. The van der Waals surface area contributed by atoms with Gasteiger partial charge in [0, 0.05) is 30.5 Å². The van der Waals surface area contributed by atoms with Gasteiger partial charge in [0.25, 0.3) is 0 Å². The molecule has 7 nitrogen and oxygen atoms in total. The molecule has 2 aromatic carbocycles. The lowest BCUT2D eigenvalue weighted by Gasteiger charge is -2.12. The molecule has 1 aromatic heterocycles. The third kappa shape index (κ3) is 5.77. The number of aromatic nitrogens is 2. The monoisotopic (exact) mass is 425 g/mol. The van der Waals surface area contributed by atoms with Gasteiger partial charge in [-0.3, -0.25) is 0 Å². The Labute approximate surface area is 178 Å². The molecule has 0 fully saturated rings. The highest BCUT2D eigenvalue weighted by Crippen LogP contribution is 2.18. The van der Waals surface area contributed by atoms with E-state index in [2.05, 4.69) is 25.3 Å². The summed E-state index contributed by atoms with van der Waals surface area (Å²) in [4.78, 5) is 9.12. The predicted molar refractivity (Wildman–Crippen MR) is 121 cm³/mol. The first kappa shape index (κ1) is 21.7. The van der Waals surface area contributed by atoms with Crippen LogP contribution in [0, 0.1) is 27.7 Å². The number of nitrogens with one attached hydrogen (secondary N) is 3. The van der Waals surface area contributed by atoms with Gasteiger partial charge >= 0.3 is 0 Å². The van der Waals surface area contributed by atoms with Crippen LogP contribution in [0.2, 0.25) is 0 Å². The van der Waals surface area contributed by atoms with Crippen molar-refractivity contribution in [1.29, 1.82) is 0 Å². The SMILES string of the molecule is Cc1ccc(Nc2cc(C)nc(NCCNS(=O)(=O)c3ccc(C)cc3C)n2)cc1. The van der Waals surface area contributed by atoms with Crippen molar-refractivity contribution < 1.29 is 8.42 Å². The average molecular weight is 426 g/mol. The highest BCUT2D eigenvalue weighted by molar-refractivity contribution is 7.89. The van der Waals surface area contributed by atoms with E-state index in [1.807, 2.05) is 57.2 Å². The van der Waals surface area contributed by atoms with E-state index in [0.717, 1.165) is 22.5 Å². The number of rotatable bonds is 8. The highest BCUT2D eigenvalue weighted by Gasteiger charge is 2.16. The van der Waals surface area contributed by atoms with Crippen LogP contribution in [0.5, 0.6) is 0 Å². The van der Waals surface area contributed by atoms with Crippen LogP contribution in [-0.4, -0.2) is 31.5 Å². The second kappa shape index (κ2) is 9.23. The van der Waals surface area contributed by atoms with Gasteiger partial charge in [0.05, 0.1) is 4.90 Å². The number of anilines is 3. The van der Waals surface area contributed by atoms with Gasteiger partial charge in [-0.15, -0.1) is 0 Å². The Bertz CT molecular complexity index is 1130. The summed E-state index contributed by atoms with van der Waals surface area (Å²) in [5, 5.41) is 6.34. The summed E-state index contributed by atoms with van der Waals surface area (Å²) in [6.45, 7) is 8.23. The second-order valence-corrected chi connectivity index (χ2v) is 9.04. The summed E-state index contributed by atoms with van der Waals surface area (Å²) >= 11 is 0. The molecule has 8 heteroatoms. The average Bonchev–Trinajstić information content (AvgIpc) is 2.66. The number of sulfonamides is 1. The molecule has 0 saturated heterocycles. The van der Waals surface area contributed by atoms with Crippen molar-refractivity contribution in [2.75, 3.05) is 23.7 Å². The molecule has 0 radical (unpaired) electrons. The maximum atomic E-state index is 12.5. The first-order valence-electron chi connectivity index (χ1n) is 9.73. The lowest BCUT2D eigenvalue weighted by atomic mass is 10.2. The molecule has 0 amide bonds. The first-order chi connectivity index (χ1) is 14.2. The molecule has 3 rings (SSSR count). The van der Waals surface area contributed by atoms with E-state index in [1.165, 1.54) is 5.56 Å². The summed E-state index contributed by atoms with van der Waals surface area (Å²) in [5.74, 6) is 1.11. The fraction of sp³-hybridized carbons (Fsp3) is 0.273.